The van der Waals surface area contributed by atoms with E-state index in [1.807, 2.05) is 0 Å². The summed E-state index contributed by atoms with van der Waals surface area (Å²) in [6, 6.07) is 9.77. The fraction of sp³-hybridized carbons (Fsp3) is 0.571. The van der Waals surface area contributed by atoms with E-state index in [-0.39, 0.29) is 0 Å². The lowest BCUT2D eigenvalue weighted by Crippen LogP contribution is -2.49. The van der Waals surface area contributed by atoms with Gasteiger partial charge in [-0.25, -0.2) is 0 Å². The molecule has 2 rings (SSSR count). The van der Waals surface area contributed by atoms with E-state index in [9.17, 15) is 0 Å². The Morgan fingerprint density at radius 3 is 2.94 bits per heavy atom. The van der Waals surface area contributed by atoms with Crippen molar-refractivity contribution in [1.82, 2.24) is 5.32 Å². The summed E-state index contributed by atoms with van der Waals surface area (Å²) in [5, 5.41) is 6.88. The first-order valence-corrected chi connectivity index (χ1v) is 6.51. The fourth-order valence-corrected chi connectivity index (χ4v) is 2.33. The minimum atomic E-state index is 0.477. The maximum Gasteiger partial charge on any atom is 0.0390 e. The minimum absolute atomic E-state index is 0.477. The van der Waals surface area contributed by atoms with E-state index >= 15 is 0 Å². The Kier molecular flexibility index (Phi) is 3.89. The number of rotatable bonds is 3. The Morgan fingerprint density at radius 2 is 2.24 bits per heavy atom. The maximum absolute atomic E-state index is 3.46. The highest BCUT2D eigenvalue weighted by molar-refractivity contribution is 5.59. The second-order valence-corrected chi connectivity index (χ2v) is 5.10. The molecular formula is C14H23N3. The Morgan fingerprint density at radius 1 is 1.41 bits per heavy atom. The molecule has 0 amide bonds. The summed E-state index contributed by atoms with van der Waals surface area (Å²) in [5.41, 5.74) is 2.54. The lowest BCUT2D eigenvalue weighted by molar-refractivity contribution is 0.501. The number of hydrogen-bond donors (Lipinski definition) is 2. The first kappa shape index (κ1) is 12.2. The molecule has 0 saturated carbocycles. The van der Waals surface area contributed by atoms with Crippen LogP contribution in [0, 0.1) is 0 Å². The quantitative estimate of drug-likeness (QED) is 0.839. The van der Waals surface area contributed by atoms with Gasteiger partial charge in [0, 0.05) is 43.1 Å². The summed E-state index contributed by atoms with van der Waals surface area (Å²) in [5.74, 6) is 0. The van der Waals surface area contributed by atoms with Gasteiger partial charge in [-0.1, -0.05) is 6.07 Å². The van der Waals surface area contributed by atoms with Crippen LogP contribution in [0.3, 0.4) is 0 Å². The van der Waals surface area contributed by atoms with E-state index in [0.717, 1.165) is 19.6 Å². The van der Waals surface area contributed by atoms with Crippen LogP contribution in [0.25, 0.3) is 0 Å². The van der Waals surface area contributed by atoms with Gasteiger partial charge in [0.05, 0.1) is 0 Å². The molecule has 0 bridgehead atoms. The minimum Gasteiger partial charge on any atom is -0.383 e. The molecule has 3 heteroatoms. The van der Waals surface area contributed by atoms with Gasteiger partial charge in [0.25, 0.3) is 0 Å². The van der Waals surface area contributed by atoms with Crippen LogP contribution in [0.5, 0.6) is 0 Å². The average Bonchev–Trinajstić information content (AvgIpc) is 2.29. The number of anilines is 2. The van der Waals surface area contributed by atoms with Crippen molar-refractivity contribution in [3.8, 4) is 0 Å². The number of nitrogens with one attached hydrogen (secondary N) is 2. The highest BCUT2D eigenvalue weighted by atomic mass is 15.2. The predicted molar refractivity (Wildman–Crippen MR) is 74.9 cm³/mol. The summed E-state index contributed by atoms with van der Waals surface area (Å²) in [6.07, 6.45) is 0. The normalized spacial score (nSPS) is 20.7. The van der Waals surface area contributed by atoms with Crippen molar-refractivity contribution in [3.63, 3.8) is 0 Å². The molecule has 1 aromatic carbocycles. The summed E-state index contributed by atoms with van der Waals surface area (Å²) in [4.78, 5) is 2.47. The van der Waals surface area contributed by atoms with Crippen molar-refractivity contribution < 1.29 is 0 Å². The van der Waals surface area contributed by atoms with E-state index in [2.05, 4.69) is 60.6 Å². The van der Waals surface area contributed by atoms with E-state index in [1.165, 1.54) is 11.4 Å². The topological polar surface area (TPSA) is 27.3 Å². The molecule has 1 aromatic rings. The standard InChI is InChI=1S/C14H23N3/c1-11(2)16-13-5-4-6-14(9-13)17-8-7-15-10-12(17)3/h4-6,9,11-12,15-16H,7-8,10H2,1-3H3/t12-/m0/s1. The second-order valence-electron chi connectivity index (χ2n) is 5.10. The van der Waals surface area contributed by atoms with E-state index in [1.54, 1.807) is 0 Å². The highest BCUT2D eigenvalue weighted by Gasteiger charge is 2.18. The Hall–Kier alpha value is -1.22. The summed E-state index contributed by atoms with van der Waals surface area (Å²) < 4.78 is 0. The van der Waals surface area contributed by atoms with Gasteiger partial charge >= 0.3 is 0 Å². The van der Waals surface area contributed by atoms with Gasteiger partial charge in [-0.3, -0.25) is 0 Å². The Labute approximate surface area is 104 Å². The molecule has 0 spiro atoms. The van der Waals surface area contributed by atoms with Gasteiger partial charge in [0.2, 0.25) is 0 Å². The zero-order valence-corrected chi connectivity index (χ0v) is 11.0. The number of benzene rings is 1. The van der Waals surface area contributed by atoms with Gasteiger partial charge in [-0.05, 0) is 39.0 Å². The SMILES string of the molecule is CC(C)Nc1cccc(N2CCNC[C@@H]2C)c1. The molecule has 1 saturated heterocycles. The number of nitrogens with zero attached hydrogens (tertiary/aromatic N) is 1. The van der Waals surface area contributed by atoms with Crippen LogP contribution in [0.15, 0.2) is 24.3 Å². The van der Waals surface area contributed by atoms with Gasteiger partial charge < -0.3 is 15.5 Å². The third kappa shape index (κ3) is 3.13. The van der Waals surface area contributed by atoms with Gasteiger partial charge in [-0.2, -0.15) is 0 Å². The fourth-order valence-electron chi connectivity index (χ4n) is 2.33. The first-order valence-electron chi connectivity index (χ1n) is 6.51. The first-order chi connectivity index (χ1) is 8.16. The van der Waals surface area contributed by atoms with Crippen molar-refractivity contribution in [2.75, 3.05) is 29.9 Å². The third-order valence-corrected chi connectivity index (χ3v) is 3.13. The third-order valence-electron chi connectivity index (χ3n) is 3.13. The lowest BCUT2D eigenvalue weighted by atomic mass is 10.1. The Bertz CT molecular complexity index is 362. The second kappa shape index (κ2) is 5.41. The van der Waals surface area contributed by atoms with Crippen molar-refractivity contribution in [2.45, 2.75) is 32.9 Å². The number of piperazine rings is 1. The van der Waals surface area contributed by atoms with Crippen LogP contribution < -0.4 is 15.5 Å². The molecule has 3 nitrogen and oxygen atoms in total. The van der Waals surface area contributed by atoms with Crippen LogP contribution >= 0.6 is 0 Å². The molecule has 1 aliphatic heterocycles. The molecule has 0 aliphatic carbocycles. The van der Waals surface area contributed by atoms with Crippen LogP contribution in [0.4, 0.5) is 11.4 Å². The molecule has 0 unspecified atom stereocenters. The summed E-state index contributed by atoms with van der Waals surface area (Å²) in [7, 11) is 0. The maximum atomic E-state index is 3.46. The summed E-state index contributed by atoms with van der Waals surface area (Å²) in [6.45, 7) is 9.84. The van der Waals surface area contributed by atoms with Crippen LogP contribution in [-0.2, 0) is 0 Å². The monoisotopic (exact) mass is 233 g/mol. The average molecular weight is 233 g/mol. The molecule has 1 aliphatic rings. The highest BCUT2D eigenvalue weighted by Crippen LogP contribution is 2.22. The molecule has 1 fully saturated rings. The molecule has 0 radical (unpaired) electrons. The molecule has 1 atom stereocenters. The van der Waals surface area contributed by atoms with Crippen molar-refractivity contribution >= 4 is 11.4 Å². The van der Waals surface area contributed by atoms with E-state index in [0.29, 0.717) is 12.1 Å². The predicted octanol–water partition coefficient (Wildman–Crippen LogP) is 2.30. The van der Waals surface area contributed by atoms with Crippen LogP contribution in [0.1, 0.15) is 20.8 Å². The Balaban J connectivity index is 2.14. The largest absolute Gasteiger partial charge is 0.383 e. The number of hydrogen-bond acceptors (Lipinski definition) is 3. The van der Waals surface area contributed by atoms with Crippen molar-refractivity contribution in [3.05, 3.63) is 24.3 Å². The van der Waals surface area contributed by atoms with Crippen molar-refractivity contribution in [1.29, 1.82) is 0 Å². The van der Waals surface area contributed by atoms with Crippen LogP contribution in [-0.4, -0.2) is 31.7 Å². The summed E-state index contributed by atoms with van der Waals surface area (Å²) >= 11 is 0. The van der Waals surface area contributed by atoms with E-state index in [4.69, 9.17) is 0 Å². The van der Waals surface area contributed by atoms with Crippen LogP contribution in [0.2, 0.25) is 0 Å². The van der Waals surface area contributed by atoms with Gasteiger partial charge in [0.1, 0.15) is 0 Å². The molecule has 1 heterocycles. The lowest BCUT2D eigenvalue weighted by Gasteiger charge is -2.36. The molecule has 2 N–H and O–H groups in total. The zero-order chi connectivity index (χ0) is 12.3. The molecule has 0 aromatic heterocycles. The van der Waals surface area contributed by atoms with Crippen molar-refractivity contribution in [2.24, 2.45) is 0 Å². The van der Waals surface area contributed by atoms with Gasteiger partial charge in [0.15, 0.2) is 0 Å². The van der Waals surface area contributed by atoms with Gasteiger partial charge in [-0.15, -0.1) is 0 Å². The smallest absolute Gasteiger partial charge is 0.0390 e. The van der Waals surface area contributed by atoms with E-state index < -0.39 is 0 Å². The molecule has 94 valence electrons. The molecule has 17 heavy (non-hydrogen) atoms. The molecular weight excluding hydrogens is 210 g/mol. The zero-order valence-electron chi connectivity index (χ0n) is 11.0.